The summed E-state index contributed by atoms with van der Waals surface area (Å²) in [7, 11) is 3.68. The molecule has 0 aromatic heterocycles. The largest absolute Gasteiger partial charge is 0.345 e. The van der Waals surface area contributed by atoms with Crippen LogP contribution in [0.25, 0.3) is 0 Å². The molecule has 0 aliphatic rings. The van der Waals surface area contributed by atoms with Gasteiger partial charge in [-0.1, -0.05) is 48.5 Å². The summed E-state index contributed by atoms with van der Waals surface area (Å²) < 4.78 is 14.4. The number of rotatable bonds is 7. The molecule has 1 N–H and O–H groups in total. The Bertz CT molecular complexity index is 700. The van der Waals surface area contributed by atoms with E-state index in [1.807, 2.05) is 45.3 Å². The molecule has 0 bridgehead atoms. The Morgan fingerprint density at radius 2 is 1.92 bits per heavy atom. The van der Waals surface area contributed by atoms with Crippen LogP contribution in [-0.2, 0) is 12.8 Å². The zero-order valence-electron chi connectivity index (χ0n) is 14.4. The lowest BCUT2D eigenvalue weighted by Gasteiger charge is -2.27. The molecule has 0 radical (unpaired) electrons. The van der Waals surface area contributed by atoms with E-state index < -0.39 is 0 Å². The van der Waals surface area contributed by atoms with Crippen LogP contribution in [0.4, 0.5) is 10.1 Å². The molecule has 2 aromatic rings. The minimum Gasteiger partial charge on any atom is -0.345 e. The van der Waals surface area contributed by atoms with Crippen LogP contribution in [-0.4, -0.2) is 20.1 Å². The second-order valence-electron chi connectivity index (χ2n) is 5.94. The Balaban J connectivity index is 2.22. The third kappa shape index (κ3) is 4.37. The van der Waals surface area contributed by atoms with E-state index in [9.17, 15) is 4.39 Å². The molecule has 2 nitrogen and oxygen atoms in total. The van der Waals surface area contributed by atoms with Crippen molar-refractivity contribution in [2.75, 3.05) is 19.0 Å². The van der Waals surface area contributed by atoms with Crippen molar-refractivity contribution in [1.29, 1.82) is 0 Å². The van der Waals surface area contributed by atoms with Gasteiger partial charge in [0.15, 0.2) is 0 Å². The quantitative estimate of drug-likeness (QED) is 0.773. The number of likely N-dealkylation sites (N-methyl/N-ethyl adjacent to an activating group) is 2. The maximum atomic E-state index is 14.4. The second kappa shape index (κ2) is 8.32. The fourth-order valence-corrected chi connectivity index (χ4v) is 2.81. The first-order valence-corrected chi connectivity index (χ1v) is 8.43. The van der Waals surface area contributed by atoms with E-state index in [-0.39, 0.29) is 11.9 Å². The topological polar surface area (TPSA) is 15.3 Å². The van der Waals surface area contributed by atoms with Crippen LogP contribution >= 0.6 is 11.6 Å². The number of nitrogens with zero attached hydrogens (tertiary/aromatic N) is 1. The summed E-state index contributed by atoms with van der Waals surface area (Å²) in [4.78, 5) is 1.78. The average molecular weight is 347 g/mol. The molecular weight excluding hydrogens is 323 g/mol. The highest BCUT2D eigenvalue weighted by Gasteiger charge is 2.17. The number of benzene rings is 2. The summed E-state index contributed by atoms with van der Waals surface area (Å²) in [6.45, 7) is 6.04. The highest BCUT2D eigenvalue weighted by atomic mass is 35.5. The molecule has 24 heavy (non-hydrogen) atoms. The van der Waals surface area contributed by atoms with Crippen LogP contribution in [0.1, 0.15) is 18.1 Å². The predicted molar refractivity (Wildman–Crippen MR) is 101 cm³/mol. The number of aryl methyl sites for hydroxylation is 2. The molecule has 2 rings (SSSR count). The molecule has 0 amide bonds. The van der Waals surface area contributed by atoms with E-state index in [4.69, 9.17) is 11.6 Å². The number of halogens is 2. The monoisotopic (exact) mass is 346 g/mol. The predicted octanol–water partition coefficient (Wildman–Crippen LogP) is 4.82. The van der Waals surface area contributed by atoms with Crippen molar-refractivity contribution in [2.45, 2.75) is 25.8 Å². The minimum absolute atomic E-state index is 0.0536. The van der Waals surface area contributed by atoms with Gasteiger partial charge >= 0.3 is 0 Å². The SMILES string of the molecule is C=C(C(C)NC)N(C)c1cc(CCc2ccccc2)c(Cl)cc1F. The number of anilines is 1. The molecule has 0 fully saturated rings. The molecule has 2 aromatic carbocycles. The molecular formula is C20H24ClFN2. The first-order chi connectivity index (χ1) is 11.4. The Morgan fingerprint density at radius 3 is 2.54 bits per heavy atom. The van der Waals surface area contributed by atoms with Gasteiger partial charge in [-0.2, -0.15) is 0 Å². The Morgan fingerprint density at radius 1 is 1.25 bits per heavy atom. The van der Waals surface area contributed by atoms with Crippen molar-refractivity contribution in [3.8, 4) is 0 Å². The van der Waals surface area contributed by atoms with Gasteiger partial charge in [0.2, 0.25) is 0 Å². The molecule has 0 saturated carbocycles. The van der Waals surface area contributed by atoms with Crippen LogP contribution in [0.2, 0.25) is 5.02 Å². The van der Waals surface area contributed by atoms with E-state index in [2.05, 4.69) is 24.0 Å². The second-order valence-corrected chi connectivity index (χ2v) is 6.35. The molecule has 1 atom stereocenters. The zero-order chi connectivity index (χ0) is 17.7. The van der Waals surface area contributed by atoms with Crippen molar-refractivity contribution < 1.29 is 4.39 Å². The van der Waals surface area contributed by atoms with Gasteiger partial charge in [-0.3, -0.25) is 0 Å². The Hall–Kier alpha value is -1.84. The summed E-state index contributed by atoms with van der Waals surface area (Å²) in [6, 6.07) is 13.5. The van der Waals surface area contributed by atoms with Crippen LogP contribution in [0, 0.1) is 5.82 Å². The molecule has 0 aliphatic carbocycles. The van der Waals surface area contributed by atoms with Gasteiger partial charge in [-0.25, -0.2) is 4.39 Å². The molecule has 0 aliphatic heterocycles. The van der Waals surface area contributed by atoms with E-state index >= 15 is 0 Å². The summed E-state index contributed by atoms with van der Waals surface area (Å²) in [5.74, 6) is -0.338. The summed E-state index contributed by atoms with van der Waals surface area (Å²) in [5, 5.41) is 3.58. The molecule has 128 valence electrons. The van der Waals surface area contributed by atoms with Gasteiger partial charge in [-0.15, -0.1) is 0 Å². The van der Waals surface area contributed by atoms with E-state index in [1.165, 1.54) is 11.6 Å². The van der Waals surface area contributed by atoms with Crippen LogP contribution in [0.3, 0.4) is 0 Å². The van der Waals surface area contributed by atoms with E-state index in [0.29, 0.717) is 10.7 Å². The van der Waals surface area contributed by atoms with E-state index in [0.717, 1.165) is 24.1 Å². The van der Waals surface area contributed by atoms with Crippen molar-refractivity contribution in [2.24, 2.45) is 0 Å². The van der Waals surface area contributed by atoms with Crippen molar-refractivity contribution in [3.05, 3.63) is 76.7 Å². The lowest BCUT2D eigenvalue weighted by Crippen LogP contribution is -2.32. The van der Waals surface area contributed by atoms with E-state index in [1.54, 1.807) is 4.90 Å². The lowest BCUT2D eigenvalue weighted by atomic mass is 10.0. The summed E-state index contributed by atoms with van der Waals surface area (Å²) >= 11 is 6.25. The highest BCUT2D eigenvalue weighted by molar-refractivity contribution is 6.31. The summed E-state index contributed by atoms with van der Waals surface area (Å²) in [6.07, 6.45) is 1.63. The first-order valence-electron chi connectivity index (χ1n) is 8.05. The third-order valence-corrected chi connectivity index (χ3v) is 4.72. The Kier molecular flexibility index (Phi) is 6.41. The van der Waals surface area contributed by atoms with Crippen LogP contribution in [0.5, 0.6) is 0 Å². The molecule has 0 spiro atoms. The van der Waals surface area contributed by atoms with Crippen molar-refractivity contribution in [1.82, 2.24) is 5.32 Å². The Labute approximate surface area is 148 Å². The van der Waals surface area contributed by atoms with Crippen LogP contribution < -0.4 is 10.2 Å². The van der Waals surface area contributed by atoms with Gasteiger partial charge < -0.3 is 10.2 Å². The smallest absolute Gasteiger partial charge is 0.148 e. The number of hydrogen-bond acceptors (Lipinski definition) is 2. The average Bonchev–Trinajstić information content (AvgIpc) is 2.60. The maximum Gasteiger partial charge on any atom is 0.148 e. The fourth-order valence-electron chi connectivity index (χ4n) is 2.56. The molecule has 4 heteroatoms. The normalized spacial score (nSPS) is 12.0. The van der Waals surface area contributed by atoms with Crippen LogP contribution in [0.15, 0.2) is 54.7 Å². The summed E-state index contributed by atoms with van der Waals surface area (Å²) in [5.41, 5.74) is 3.47. The van der Waals surface area contributed by atoms with Crippen molar-refractivity contribution >= 4 is 17.3 Å². The van der Waals surface area contributed by atoms with Gasteiger partial charge in [0.25, 0.3) is 0 Å². The minimum atomic E-state index is -0.338. The maximum absolute atomic E-state index is 14.4. The standard InChI is InChI=1S/C20H24ClFN2/c1-14(23-3)15(2)24(4)20-12-17(18(21)13-19(20)22)11-10-16-8-6-5-7-9-16/h5-9,12-14,23H,2,10-11H2,1,3-4H3. The first kappa shape index (κ1) is 18.5. The number of hydrogen-bond donors (Lipinski definition) is 1. The molecule has 0 heterocycles. The van der Waals surface area contributed by atoms with Gasteiger partial charge in [0.1, 0.15) is 5.82 Å². The molecule has 0 saturated heterocycles. The third-order valence-electron chi connectivity index (χ3n) is 4.37. The lowest BCUT2D eigenvalue weighted by molar-refractivity contribution is 0.618. The zero-order valence-corrected chi connectivity index (χ0v) is 15.2. The van der Waals surface area contributed by atoms with Gasteiger partial charge in [0, 0.05) is 23.8 Å². The number of nitrogens with one attached hydrogen (secondary N) is 1. The van der Waals surface area contributed by atoms with Gasteiger partial charge in [-0.05, 0) is 50.1 Å². The van der Waals surface area contributed by atoms with Crippen molar-refractivity contribution in [3.63, 3.8) is 0 Å². The highest BCUT2D eigenvalue weighted by Crippen LogP contribution is 2.29. The fraction of sp³-hybridized carbons (Fsp3) is 0.300. The van der Waals surface area contributed by atoms with Gasteiger partial charge in [0.05, 0.1) is 5.69 Å². The molecule has 1 unspecified atom stereocenters.